The molecule has 110 valence electrons. The number of anilines is 1. The number of benzene rings is 1. The second-order valence-electron chi connectivity index (χ2n) is 5.23. The first-order valence-corrected chi connectivity index (χ1v) is 6.88. The fourth-order valence-corrected chi connectivity index (χ4v) is 2.19. The van der Waals surface area contributed by atoms with Crippen LogP contribution in [-0.2, 0) is 16.1 Å². The van der Waals surface area contributed by atoms with Crippen LogP contribution in [0.5, 0.6) is 0 Å². The summed E-state index contributed by atoms with van der Waals surface area (Å²) in [6.45, 7) is 2.90. The molecule has 1 amide bonds. The summed E-state index contributed by atoms with van der Waals surface area (Å²) in [7, 11) is 3.58. The molecule has 1 N–H and O–H groups in total. The van der Waals surface area contributed by atoms with E-state index in [2.05, 4.69) is 5.32 Å². The number of carbonyl (C=O) groups is 1. The van der Waals surface area contributed by atoms with E-state index in [9.17, 15) is 9.18 Å². The number of ether oxygens (including phenoxy) is 1. The molecule has 5 heteroatoms. The highest BCUT2D eigenvalue weighted by molar-refractivity contribution is 5.82. The van der Waals surface area contributed by atoms with E-state index in [1.165, 1.54) is 6.07 Å². The van der Waals surface area contributed by atoms with E-state index in [1.807, 2.05) is 13.0 Å². The smallest absolute Gasteiger partial charge is 0.226 e. The molecular weight excluding hydrogens is 259 g/mol. The van der Waals surface area contributed by atoms with Gasteiger partial charge in [0.05, 0.1) is 17.7 Å². The Labute approximate surface area is 118 Å². The minimum absolute atomic E-state index is 0.0134. The lowest BCUT2D eigenvalue weighted by molar-refractivity contribution is -0.123. The van der Waals surface area contributed by atoms with E-state index in [4.69, 9.17) is 4.74 Å². The average molecular weight is 280 g/mol. The van der Waals surface area contributed by atoms with Crippen molar-refractivity contribution in [3.8, 4) is 0 Å². The van der Waals surface area contributed by atoms with Crippen LogP contribution in [0.2, 0.25) is 0 Å². The molecule has 20 heavy (non-hydrogen) atoms. The maximum Gasteiger partial charge on any atom is 0.226 e. The second-order valence-corrected chi connectivity index (χ2v) is 5.23. The molecule has 0 radical (unpaired) electrons. The highest BCUT2D eigenvalue weighted by Crippen LogP contribution is 2.33. The molecule has 0 bridgehead atoms. The Balaban J connectivity index is 1.85. The summed E-state index contributed by atoms with van der Waals surface area (Å²) in [5.41, 5.74) is 1.30. The second kappa shape index (κ2) is 6.22. The van der Waals surface area contributed by atoms with Crippen LogP contribution in [0.4, 0.5) is 10.1 Å². The maximum absolute atomic E-state index is 13.8. The standard InChI is InChI=1S/C15H21FN2O2/c1-4-20-14-8-11(14)15(19)17-9-10-5-6-13(18(2)3)12(16)7-10/h5-7,11,14H,4,8-9H2,1-3H3,(H,17,19)/t11-,14+/m1/s1. The molecule has 1 aromatic rings. The van der Waals surface area contributed by atoms with Crippen LogP contribution in [-0.4, -0.2) is 32.7 Å². The first-order valence-electron chi connectivity index (χ1n) is 6.88. The van der Waals surface area contributed by atoms with E-state index >= 15 is 0 Å². The molecule has 1 fully saturated rings. The monoisotopic (exact) mass is 280 g/mol. The molecule has 4 nitrogen and oxygen atoms in total. The fraction of sp³-hybridized carbons (Fsp3) is 0.533. The lowest BCUT2D eigenvalue weighted by Gasteiger charge is -2.14. The number of halogens is 1. The van der Waals surface area contributed by atoms with Crippen LogP contribution in [0.3, 0.4) is 0 Å². The Morgan fingerprint density at radius 3 is 2.85 bits per heavy atom. The molecule has 0 aromatic heterocycles. The Bertz CT molecular complexity index is 491. The molecule has 0 spiro atoms. The number of hydrogen-bond donors (Lipinski definition) is 1. The van der Waals surface area contributed by atoms with Crippen LogP contribution < -0.4 is 10.2 Å². The van der Waals surface area contributed by atoms with Crippen molar-refractivity contribution in [2.75, 3.05) is 25.6 Å². The summed E-state index contributed by atoms with van der Waals surface area (Å²) in [4.78, 5) is 13.5. The number of carbonyl (C=O) groups excluding carboxylic acids is 1. The Morgan fingerprint density at radius 2 is 2.25 bits per heavy atom. The predicted molar refractivity (Wildman–Crippen MR) is 76.1 cm³/mol. The molecule has 2 rings (SSSR count). The van der Waals surface area contributed by atoms with Gasteiger partial charge < -0.3 is 15.0 Å². The van der Waals surface area contributed by atoms with Gasteiger partial charge in [-0.25, -0.2) is 4.39 Å². The lowest BCUT2D eigenvalue weighted by Crippen LogP contribution is -2.26. The third-order valence-electron chi connectivity index (χ3n) is 3.41. The molecule has 0 saturated heterocycles. The highest BCUT2D eigenvalue weighted by Gasteiger charge is 2.43. The van der Waals surface area contributed by atoms with Crippen LogP contribution in [0.15, 0.2) is 18.2 Å². The number of nitrogens with zero attached hydrogens (tertiary/aromatic N) is 1. The van der Waals surface area contributed by atoms with Gasteiger partial charge in [0, 0.05) is 27.2 Å². The van der Waals surface area contributed by atoms with Gasteiger partial charge in [0.15, 0.2) is 0 Å². The summed E-state index contributed by atoms with van der Waals surface area (Å²) < 4.78 is 19.2. The topological polar surface area (TPSA) is 41.6 Å². The zero-order valence-corrected chi connectivity index (χ0v) is 12.1. The van der Waals surface area contributed by atoms with E-state index < -0.39 is 0 Å². The summed E-state index contributed by atoms with van der Waals surface area (Å²) in [6, 6.07) is 5.01. The largest absolute Gasteiger partial charge is 0.378 e. The normalized spacial score (nSPS) is 20.6. The summed E-state index contributed by atoms with van der Waals surface area (Å²) in [5.74, 6) is -0.332. The number of nitrogens with one attached hydrogen (secondary N) is 1. The van der Waals surface area contributed by atoms with Crippen LogP contribution in [0, 0.1) is 11.7 Å². The van der Waals surface area contributed by atoms with Crippen molar-refractivity contribution < 1.29 is 13.9 Å². The van der Waals surface area contributed by atoms with Gasteiger partial charge in [-0.3, -0.25) is 4.79 Å². The van der Waals surface area contributed by atoms with Crippen molar-refractivity contribution in [2.45, 2.75) is 26.0 Å². The van der Waals surface area contributed by atoms with Crippen molar-refractivity contribution in [1.29, 1.82) is 0 Å². The van der Waals surface area contributed by atoms with Crippen molar-refractivity contribution in [3.63, 3.8) is 0 Å². The Morgan fingerprint density at radius 1 is 1.50 bits per heavy atom. The van der Waals surface area contributed by atoms with Gasteiger partial charge in [-0.05, 0) is 31.0 Å². The van der Waals surface area contributed by atoms with Crippen molar-refractivity contribution in [2.24, 2.45) is 5.92 Å². The third kappa shape index (κ3) is 3.48. The highest BCUT2D eigenvalue weighted by atomic mass is 19.1. The lowest BCUT2D eigenvalue weighted by atomic mass is 10.2. The van der Waals surface area contributed by atoms with Crippen LogP contribution in [0.25, 0.3) is 0 Å². The maximum atomic E-state index is 13.8. The SMILES string of the molecule is CCO[C@H]1C[C@H]1C(=O)NCc1ccc(N(C)C)c(F)c1. The van der Waals surface area contributed by atoms with Crippen molar-refractivity contribution >= 4 is 11.6 Å². The van der Waals surface area contributed by atoms with Gasteiger partial charge in [-0.15, -0.1) is 0 Å². The minimum atomic E-state index is -0.277. The predicted octanol–water partition coefficient (Wildman–Crippen LogP) is 1.93. The van der Waals surface area contributed by atoms with Crippen LogP contribution >= 0.6 is 0 Å². The molecule has 0 heterocycles. The van der Waals surface area contributed by atoms with Gasteiger partial charge in [-0.2, -0.15) is 0 Å². The van der Waals surface area contributed by atoms with Gasteiger partial charge in [0.1, 0.15) is 5.82 Å². The van der Waals surface area contributed by atoms with E-state index in [1.54, 1.807) is 25.1 Å². The Hall–Kier alpha value is -1.62. The van der Waals surface area contributed by atoms with Gasteiger partial charge >= 0.3 is 0 Å². The minimum Gasteiger partial charge on any atom is -0.378 e. The number of amides is 1. The number of hydrogen-bond acceptors (Lipinski definition) is 3. The zero-order chi connectivity index (χ0) is 14.7. The van der Waals surface area contributed by atoms with Gasteiger partial charge in [0.2, 0.25) is 5.91 Å². The fourth-order valence-electron chi connectivity index (χ4n) is 2.19. The van der Waals surface area contributed by atoms with Gasteiger partial charge in [-0.1, -0.05) is 6.07 Å². The summed E-state index contributed by atoms with van der Waals surface area (Å²) in [5, 5.41) is 2.83. The van der Waals surface area contributed by atoms with E-state index in [0.29, 0.717) is 18.8 Å². The van der Waals surface area contributed by atoms with E-state index in [-0.39, 0.29) is 23.7 Å². The summed E-state index contributed by atoms with van der Waals surface area (Å²) in [6.07, 6.45) is 0.848. The first-order chi connectivity index (χ1) is 9.52. The quantitative estimate of drug-likeness (QED) is 0.866. The Kier molecular flexibility index (Phi) is 4.60. The zero-order valence-electron chi connectivity index (χ0n) is 12.1. The molecule has 1 aliphatic carbocycles. The molecule has 2 atom stereocenters. The van der Waals surface area contributed by atoms with Crippen molar-refractivity contribution in [3.05, 3.63) is 29.6 Å². The molecule has 1 aromatic carbocycles. The molecule has 0 aliphatic heterocycles. The number of rotatable bonds is 6. The molecule has 0 unspecified atom stereocenters. The molecule has 1 saturated carbocycles. The molecule has 1 aliphatic rings. The van der Waals surface area contributed by atoms with Gasteiger partial charge in [0.25, 0.3) is 0 Å². The average Bonchev–Trinajstić information content (AvgIpc) is 3.15. The molecular formula is C15H21FN2O2. The first kappa shape index (κ1) is 14.8. The van der Waals surface area contributed by atoms with E-state index in [0.717, 1.165) is 12.0 Å². The summed E-state index contributed by atoms with van der Waals surface area (Å²) >= 11 is 0. The third-order valence-corrected chi connectivity index (χ3v) is 3.41. The van der Waals surface area contributed by atoms with Crippen LogP contribution in [0.1, 0.15) is 18.9 Å². The van der Waals surface area contributed by atoms with Crippen molar-refractivity contribution in [1.82, 2.24) is 5.32 Å².